The zero-order valence-electron chi connectivity index (χ0n) is 17.2. The van der Waals surface area contributed by atoms with E-state index < -0.39 is 16.0 Å². The summed E-state index contributed by atoms with van der Waals surface area (Å²) in [6.45, 7) is 4.05. The summed E-state index contributed by atoms with van der Waals surface area (Å²) >= 11 is -2.65. The van der Waals surface area contributed by atoms with Crippen LogP contribution in [0.2, 0.25) is 0 Å². The van der Waals surface area contributed by atoms with E-state index in [1.54, 1.807) is 3.38 Å². The van der Waals surface area contributed by atoms with E-state index in [4.69, 9.17) is 18.6 Å². The van der Waals surface area contributed by atoms with E-state index in [1.807, 2.05) is 19.9 Å². The Morgan fingerprint density at radius 3 is 2.23 bits per heavy atom. The summed E-state index contributed by atoms with van der Waals surface area (Å²) in [6.07, 6.45) is 2.18. The standard InChI is InChI=1S/C25H25NO.2ClH.Ti/c1-3-9-25(27)26-17(2)19-11-6-7-13-21(19)23-15-8-14-22-20-12-5-4-10-18(20)16-24(22)23;;;/h4-8,10-15,17H,3,9,16H2,1-2H3,(H,26,27);2*1H;/q;;;+3/p-3. The summed E-state index contributed by atoms with van der Waals surface area (Å²) in [5, 5.41) is 0. The number of hydrogen-bond donors (Lipinski definition) is 0. The molecule has 0 saturated heterocycles. The topological polar surface area (TPSA) is 20.3 Å². The summed E-state index contributed by atoms with van der Waals surface area (Å²) in [7, 11) is 12.8. The number of halogens is 2. The van der Waals surface area contributed by atoms with Crippen LogP contribution in [0.3, 0.4) is 0 Å². The Labute approximate surface area is 192 Å². The molecule has 0 radical (unpaired) electrons. The zero-order chi connectivity index (χ0) is 21.3. The second kappa shape index (κ2) is 9.28. The molecule has 30 heavy (non-hydrogen) atoms. The first-order chi connectivity index (χ1) is 14.5. The molecule has 1 aliphatic carbocycles. The van der Waals surface area contributed by atoms with Gasteiger partial charge < -0.3 is 0 Å². The molecule has 2 nitrogen and oxygen atoms in total. The maximum atomic E-state index is 12.8. The molecule has 0 N–H and O–H groups in total. The van der Waals surface area contributed by atoms with E-state index in [2.05, 4.69) is 60.7 Å². The van der Waals surface area contributed by atoms with Gasteiger partial charge in [-0.3, -0.25) is 0 Å². The second-order valence-electron chi connectivity index (χ2n) is 7.68. The molecular weight excluding hydrogens is 449 g/mol. The number of carbonyl (C=O) groups is 1. The van der Waals surface area contributed by atoms with E-state index in [-0.39, 0.29) is 11.9 Å². The van der Waals surface area contributed by atoms with Crippen molar-refractivity contribution < 1.29 is 20.8 Å². The van der Waals surface area contributed by atoms with Crippen LogP contribution in [0.5, 0.6) is 0 Å². The molecule has 1 aliphatic rings. The fraction of sp³-hybridized carbons (Fsp3) is 0.240. The minimum atomic E-state index is -2.65. The van der Waals surface area contributed by atoms with Crippen LogP contribution in [0.15, 0.2) is 66.7 Å². The summed E-state index contributed by atoms with van der Waals surface area (Å²) < 4.78 is 1.75. The Kier molecular flexibility index (Phi) is 6.70. The third-order valence-corrected chi connectivity index (χ3v) is 8.92. The Morgan fingerprint density at radius 1 is 0.933 bits per heavy atom. The van der Waals surface area contributed by atoms with Crippen molar-refractivity contribution in [2.45, 2.75) is 39.2 Å². The van der Waals surface area contributed by atoms with Gasteiger partial charge in [-0.05, 0) is 0 Å². The first-order valence-corrected chi connectivity index (χ1v) is 15.3. The van der Waals surface area contributed by atoms with Crippen molar-refractivity contribution in [1.82, 2.24) is 3.38 Å². The van der Waals surface area contributed by atoms with E-state index in [9.17, 15) is 4.79 Å². The molecule has 3 aromatic carbocycles. The van der Waals surface area contributed by atoms with Crippen molar-refractivity contribution in [1.29, 1.82) is 0 Å². The van der Waals surface area contributed by atoms with Crippen LogP contribution in [0.1, 0.15) is 49.4 Å². The van der Waals surface area contributed by atoms with E-state index in [1.165, 1.54) is 27.8 Å². The molecule has 0 saturated carbocycles. The van der Waals surface area contributed by atoms with Crippen LogP contribution < -0.4 is 0 Å². The van der Waals surface area contributed by atoms with Crippen molar-refractivity contribution in [3.8, 4) is 22.3 Å². The summed E-state index contributed by atoms with van der Waals surface area (Å²) in [6, 6.07) is 23.3. The van der Waals surface area contributed by atoms with Gasteiger partial charge in [0.1, 0.15) is 0 Å². The fourth-order valence-corrected chi connectivity index (χ4v) is 7.57. The molecule has 3 aromatic rings. The monoisotopic (exact) mass is 472 g/mol. The molecule has 1 amide bonds. The maximum absolute atomic E-state index is 12.8. The second-order valence-corrected chi connectivity index (χ2v) is 12.9. The van der Waals surface area contributed by atoms with Crippen LogP contribution in [0, 0.1) is 0 Å². The number of fused-ring (bicyclic) bond motifs is 3. The van der Waals surface area contributed by atoms with E-state index in [0.717, 1.165) is 24.0 Å². The minimum absolute atomic E-state index is 0.0468. The average molecular weight is 473 g/mol. The van der Waals surface area contributed by atoms with Gasteiger partial charge in [0.2, 0.25) is 0 Å². The van der Waals surface area contributed by atoms with Gasteiger partial charge in [0.05, 0.1) is 0 Å². The molecule has 0 aliphatic heterocycles. The Hall–Kier alpha value is -1.58. The molecule has 1 atom stereocenters. The summed E-state index contributed by atoms with van der Waals surface area (Å²) in [5.41, 5.74) is 8.79. The van der Waals surface area contributed by atoms with Gasteiger partial charge in [0.15, 0.2) is 0 Å². The summed E-state index contributed by atoms with van der Waals surface area (Å²) in [4.78, 5) is 12.8. The van der Waals surface area contributed by atoms with E-state index >= 15 is 0 Å². The van der Waals surface area contributed by atoms with Crippen LogP contribution in [0.25, 0.3) is 22.3 Å². The van der Waals surface area contributed by atoms with E-state index in [0.29, 0.717) is 6.42 Å². The van der Waals surface area contributed by atoms with Gasteiger partial charge in [0, 0.05) is 0 Å². The number of rotatable bonds is 6. The first-order valence-electron chi connectivity index (χ1n) is 10.3. The van der Waals surface area contributed by atoms with Crippen LogP contribution in [0.4, 0.5) is 0 Å². The number of amides is 1. The SMILES string of the molecule is CCCC(=O)[N](C(C)c1ccccc1-c1cccc2c1Cc1ccccc1-2)[Ti]([Cl])[Cl]. The molecule has 1 unspecified atom stereocenters. The molecular formula is C25H24Cl2NOTi. The van der Waals surface area contributed by atoms with Gasteiger partial charge >= 0.3 is 194 Å². The first kappa shape index (κ1) is 21.6. The number of nitrogens with zero attached hydrogens (tertiary/aromatic N) is 1. The fourth-order valence-electron chi connectivity index (χ4n) is 4.45. The molecule has 5 heteroatoms. The van der Waals surface area contributed by atoms with Gasteiger partial charge in [-0.2, -0.15) is 0 Å². The van der Waals surface area contributed by atoms with Crippen LogP contribution in [-0.4, -0.2) is 9.29 Å². The Bertz CT molecular complexity index is 1080. The molecule has 0 aromatic heterocycles. The number of benzene rings is 3. The van der Waals surface area contributed by atoms with Crippen molar-refractivity contribution in [3.63, 3.8) is 0 Å². The third-order valence-electron chi connectivity index (χ3n) is 5.85. The molecule has 0 heterocycles. The quantitative estimate of drug-likeness (QED) is 0.266. The average Bonchev–Trinajstić information content (AvgIpc) is 3.12. The molecule has 0 fully saturated rings. The predicted molar refractivity (Wildman–Crippen MR) is 122 cm³/mol. The number of carbonyl (C=O) groups excluding carboxylic acids is 1. The molecule has 4 rings (SSSR count). The molecule has 0 spiro atoms. The Morgan fingerprint density at radius 2 is 1.53 bits per heavy atom. The van der Waals surface area contributed by atoms with Gasteiger partial charge in [-0.1, -0.05) is 0 Å². The van der Waals surface area contributed by atoms with Gasteiger partial charge in [0.25, 0.3) is 0 Å². The predicted octanol–water partition coefficient (Wildman–Crippen LogP) is 7.46. The Balaban J connectivity index is 1.80. The van der Waals surface area contributed by atoms with Crippen LogP contribution in [-0.2, 0) is 27.2 Å². The number of hydrogen-bond acceptors (Lipinski definition) is 1. The van der Waals surface area contributed by atoms with Crippen molar-refractivity contribution in [2.75, 3.05) is 0 Å². The molecule has 153 valence electrons. The summed E-state index contributed by atoms with van der Waals surface area (Å²) in [5.74, 6) is 0.0468. The van der Waals surface area contributed by atoms with Crippen LogP contribution >= 0.6 is 18.6 Å². The molecule has 0 bridgehead atoms. The van der Waals surface area contributed by atoms with Crippen molar-refractivity contribution >= 4 is 24.5 Å². The van der Waals surface area contributed by atoms with Gasteiger partial charge in [-0.25, -0.2) is 0 Å². The van der Waals surface area contributed by atoms with Crippen molar-refractivity contribution in [3.05, 3.63) is 83.4 Å². The third kappa shape index (κ3) is 3.99. The van der Waals surface area contributed by atoms with Crippen molar-refractivity contribution in [2.24, 2.45) is 0 Å². The normalized spacial score (nSPS) is 12.8. The van der Waals surface area contributed by atoms with Gasteiger partial charge in [-0.15, -0.1) is 0 Å². The zero-order valence-corrected chi connectivity index (χ0v) is 20.2.